The fourth-order valence-corrected chi connectivity index (χ4v) is 3.42. The lowest BCUT2D eigenvalue weighted by Crippen LogP contribution is -2.29. The number of imidazole rings is 1. The molecule has 2 aromatic carbocycles. The minimum Gasteiger partial charge on any atom is -0.488 e. The van der Waals surface area contributed by atoms with Gasteiger partial charge in [-0.15, -0.1) is 0 Å². The van der Waals surface area contributed by atoms with Gasteiger partial charge in [-0.3, -0.25) is 4.79 Å². The summed E-state index contributed by atoms with van der Waals surface area (Å²) in [6.07, 6.45) is 8.54. The first kappa shape index (κ1) is 19.9. The van der Waals surface area contributed by atoms with Gasteiger partial charge >= 0.3 is 0 Å². The van der Waals surface area contributed by atoms with E-state index in [4.69, 9.17) is 16.3 Å². The summed E-state index contributed by atoms with van der Waals surface area (Å²) in [4.78, 5) is 17.0. The number of carbonyl (C=O) groups excluding carboxylic acids is 1. The van der Waals surface area contributed by atoms with Crippen LogP contribution in [0.1, 0.15) is 23.0 Å². The van der Waals surface area contributed by atoms with Crippen molar-refractivity contribution in [2.45, 2.75) is 6.04 Å². The second-order valence-electron chi connectivity index (χ2n) is 6.91. The number of hydrogen-bond acceptors (Lipinski definition) is 3. The quantitative estimate of drug-likeness (QED) is 0.617. The van der Waals surface area contributed by atoms with Crippen LogP contribution in [-0.2, 0) is 11.8 Å². The van der Waals surface area contributed by atoms with Crippen LogP contribution < -0.4 is 10.1 Å². The maximum Gasteiger partial charge on any atom is 0.244 e. The first-order valence-electron chi connectivity index (χ1n) is 9.34. The highest BCUT2D eigenvalue weighted by molar-refractivity contribution is 6.30. The van der Waals surface area contributed by atoms with Crippen molar-refractivity contribution in [2.75, 3.05) is 6.61 Å². The van der Waals surface area contributed by atoms with Crippen LogP contribution in [0, 0.1) is 5.82 Å². The molecule has 1 N–H and O–H groups in total. The standard InChI is InChI=1S/C23H19ClFN3O2/c1-28-11-10-26-23(28)22(16-3-6-19(25)7-4-16)27-21(29)9-2-15-12-17-13-18(24)5-8-20(17)30-14-15/h2-13,22H,14H2,1H3,(H,27,29)/b9-2+. The van der Waals surface area contributed by atoms with Crippen LogP contribution in [-0.4, -0.2) is 22.1 Å². The van der Waals surface area contributed by atoms with Gasteiger partial charge < -0.3 is 14.6 Å². The van der Waals surface area contributed by atoms with Crippen molar-refractivity contribution >= 4 is 23.6 Å². The topological polar surface area (TPSA) is 56.2 Å². The average molecular weight is 424 g/mol. The number of nitrogens with zero attached hydrogens (tertiary/aromatic N) is 2. The first-order valence-corrected chi connectivity index (χ1v) is 9.71. The number of halogens is 2. The zero-order chi connectivity index (χ0) is 21.1. The molecule has 1 aliphatic heterocycles. The summed E-state index contributed by atoms with van der Waals surface area (Å²) in [7, 11) is 1.84. The highest BCUT2D eigenvalue weighted by Crippen LogP contribution is 2.29. The van der Waals surface area contributed by atoms with E-state index in [1.54, 1.807) is 36.7 Å². The van der Waals surface area contributed by atoms with Crippen LogP contribution in [0.2, 0.25) is 5.02 Å². The lowest BCUT2D eigenvalue weighted by Gasteiger charge is -2.19. The molecule has 1 unspecified atom stereocenters. The van der Waals surface area contributed by atoms with E-state index in [-0.39, 0.29) is 11.7 Å². The highest BCUT2D eigenvalue weighted by Gasteiger charge is 2.20. The number of aromatic nitrogens is 2. The van der Waals surface area contributed by atoms with Gasteiger partial charge in [-0.05, 0) is 47.5 Å². The van der Waals surface area contributed by atoms with Crippen molar-refractivity contribution in [2.24, 2.45) is 7.05 Å². The fraction of sp³-hybridized carbons (Fsp3) is 0.130. The van der Waals surface area contributed by atoms with E-state index in [9.17, 15) is 9.18 Å². The van der Waals surface area contributed by atoms with Crippen molar-refractivity contribution in [3.63, 3.8) is 0 Å². The van der Waals surface area contributed by atoms with Crippen LogP contribution in [0.3, 0.4) is 0 Å². The molecule has 5 nitrogen and oxygen atoms in total. The molecule has 0 saturated heterocycles. The number of rotatable bonds is 5. The van der Waals surface area contributed by atoms with Crippen molar-refractivity contribution in [3.05, 3.63) is 100 Å². The smallest absolute Gasteiger partial charge is 0.244 e. The SMILES string of the molecule is Cn1ccnc1C(NC(=O)/C=C/C1=Cc2cc(Cl)ccc2OC1)c1ccc(F)cc1. The van der Waals surface area contributed by atoms with Gasteiger partial charge in [-0.2, -0.15) is 0 Å². The molecule has 0 bridgehead atoms. The Morgan fingerprint density at radius 3 is 2.83 bits per heavy atom. The molecule has 1 aliphatic rings. The Labute approximate surface area is 178 Å². The van der Waals surface area contributed by atoms with Crippen molar-refractivity contribution in [1.82, 2.24) is 14.9 Å². The van der Waals surface area contributed by atoms with E-state index in [0.29, 0.717) is 17.5 Å². The molecular weight excluding hydrogens is 405 g/mol. The van der Waals surface area contributed by atoms with E-state index in [1.807, 2.05) is 29.8 Å². The molecule has 0 spiro atoms. The third kappa shape index (κ3) is 4.44. The Bertz CT molecular complexity index is 1140. The predicted molar refractivity (Wildman–Crippen MR) is 114 cm³/mol. The molecule has 1 atom stereocenters. The summed E-state index contributed by atoms with van der Waals surface area (Å²) in [6.45, 7) is 0.360. The van der Waals surface area contributed by atoms with Gasteiger partial charge in [0.2, 0.25) is 5.91 Å². The molecule has 4 rings (SSSR count). The Kier molecular flexibility index (Phi) is 5.68. The molecule has 0 radical (unpaired) electrons. The monoisotopic (exact) mass is 423 g/mol. The van der Waals surface area contributed by atoms with E-state index in [2.05, 4.69) is 10.3 Å². The number of aryl methyl sites for hydroxylation is 1. The van der Waals surface area contributed by atoms with Crippen LogP contribution in [0.15, 0.2) is 72.6 Å². The maximum absolute atomic E-state index is 13.3. The normalized spacial score (nSPS) is 14.0. The number of amides is 1. The molecule has 3 aromatic rings. The number of nitrogens with one attached hydrogen (secondary N) is 1. The summed E-state index contributed by atoms with van der Waals surface area (Å²) in [5.41, 5.74) is 2.44. The molecule has 0 fully saturated rings. The molecule has 1 amide bonds. The lowest BCUT2D eigenvalue weighted by atomic mass is 10.1. The fourth-order valence-electron chi connectivity index (χ4n) is 3.24. The molecule has 0 aliphatic carbocycles. The van der Waals surface area contributed by atoms with E-state index < -0.39 is 6.04 Å². The summed E-state index contributed by atoms with van der Waals surface area (Å²) >= 11 is 6.04. The average Bonchev–Trinajstić information content (AvgIpc) is 3.16. The predicted octanol–water partition coefficient (Wildman–Crippen LogP) is 4.45. The molecule has 2 heterocycles. The third-order valence-corrected chi connectivity index (χ3v) is 5.00. The number of hydrogen-bond donors (Lipinski definition) is 1. The third-order valence-electron chi connectivity index (χ3n) is 4.76. The molecule has 152 valence electrons. The molecular formula is C23H19ClFN3O2. The van der Waals surface area contributed by atoms with E-state index in [0.717, 1.165) is 22.4 Å². The van der Waals surface area contributed by atoms with Gasteiger partial charge in [0.25, 0.3) is 0 Å². The van der Waals surface area contributed by atoms with E-state index >= 15 is 0 Å². The molecule has 30 heavy (non-hydrogen) atoms. The zero-order valence-corrected chi connectivity index (χ0v) is 16.9. The minimum absolute atomic E-state index is 0.301. The number of ether oxygens (including phenoxy) is 1. The van der Waals surface area contributed by atoms with Crippen LogP contribution in [0.5, 0.6) is 5.75 Å². The summed E-state index contributed by atoms with van der Waals surface area (Å²) < 4.78 is 20.9. The van der Waals surface area contributed by atoms with Gasteiger partial charge in [0.1, 0.15) is 30.0 Å². The van der Waals surface area contributed by atoms with Gasteiger partial charge in [-0.1, -0.05) is 29.8 Å². The lowest BCUT2D eigenvalue weighted by molar-refractivity contribution is -0.117. The minimum atomic E-state index is -0.515. The second-order valence-corrected chi connectivity index (χ2v) is 7.35. The number of carbonyl (C=O) groups is 1. The van der Waals surface area contributed by atoms with Crippen LogP contribution in [0.4, 0.5) is 4.39 Å². The van der Waals surface area contributed by atoms with Gasteiger partial charge in [0.05, 0.1) is 0 Å². The van der Waals surface area contributed by atoms with Crippen molar-refractivity contribution in [3.8, 4) is 5.75 Å². The van der Waals surface area contributed by atoms with E-state index in [1.165, 1.54) is 18.2 Å². The largest absolute Gasteiger partial charge is 0.488 e. The highest BCUT2D eigenvalue weighted by atomic mass is 35.5. The number of fused-ring (bicyclic) bond motifs is 1. The number of benzene rings is 2. The van der Waals surface area contributed by atoms with Gasteiger partial charge in [-0.25, -0.2) is 9.37 Å². The molecule has 1 aromatic heterocycles. The van der Waals surface area contributed by atoms with Crippen LogP contribution >= 0.6 is 11.6 Å². The molecule has 7 heteroatoms. The van der Waals surface area contributed by atoms with Crippen molar-refractivity contribution in [1.29, 1.82) is 0 Å². The summed E-state index contributed by atoms with van der Waals surface area (Å²) in [5, 5.41) is 3.56. The van der Waals surface area contributed by atoms with Crippen molar-refractivity contribution < 1.29 is 13.9 Å². The Balaban J connectivity index is 1.53. The van der Waals surface area contributed by atoms with Gasteiger partial charge in [0.15, 0.2) is 0 Å². The first-order chi connectivity index (χ1) is 14.5. The Morgan fingerprint density at radius 2 is 2.10 bits per heavy atom. The molecule has 0 saturated carbocycles. The summed E-state index contributed by atoms with van der Waals surface area (Å²) in [5.74, 6) is 0.762. The Hall–Kier alpha value is -3.38. The summed E-state index contributed by atoms with van der Waals surface area (Å²) in [6, 6.07) is 10.9. The second kappa shape index (κ2) is 8.55. The van der Waals surface area contributed by atoms with Gasteiger partial charge in [0, 0.05) is 36.1 Å². The van der Waals surface area contributed by atoms with Crippen LogP contribution in [0.25, 0.3) is 6.08 Å². The zero-order valence-electron chi connectivity index (χ0n) is 16.2. The maximum atomic E-state index is 13.3. The Morgan fingerprint density at radius 1 is 1.30 bits per heavy atom.